The van der Waals surface area contributed by atoms with E-state index in [1.807, 2.05) is 6.92 Å². The highest BCUT2D eigenvalue weighted by Crippen LogP contribution is 2.20. The van der Waals surface area contributed by atoms with Gasteiger partial charge in [-0.3, -0.25) is 4.79 Å². The Balaban J connectivity index is 2.47. The Kier molecular flexibility index (Phi) is 13.0. The highest BCUT2D eigenvalue weighted by molar-refractivity contribution is 5.76. The lowest BCUT2D eigenvalue weighted by atomic mass is 9.96. The quantitative estimate of drug-likeness (QED) is 0.332. The van der Waals surface area contributed by atoms with E-state index in [-0.39, 0.29) is 11.8 Å². The molecule has 0 saturated carbocycles. The van der Waals surface area contributed by atoms with E-state index in [4.69, 9.17) is 0 Å². The molecule has 0 heterocycles. The van der Waals surface area contributed by atoms with Crippen LogP contribution in [-0.2, 0) is 11.2 Å². The summed E-state index contributed by atoms with van der Waals surface area (Å²) < 4.78 is 13.7. The van der Waals surface area contributed by atoms with Crippen molar-refractivity contribution in [2.75, 3.05) is 6.54 Å². The van der Waals surface area contributed by atoms with Gasteiger partial charge in [0, 0.05) is 13.0 Å². The molecule has 1 amide bonds. The SMILES string of the molecule is C/C=C(\C/C=C\CC)c1ccc(CCC(=O)NC[C@@H](CCC)CC(F)CC)cc1. The first-order valence-corrected chi connectivity index (χ1v) is 11.3. The van der Waals surface area contributed by atoms with Crippen LogP contribution < -0.4 is 5.32 Å². The Hall–Kier alpha value is -1.90. The summed E-state index contributed by atoms with van der Waals surface area (Å²) in [5.41, 5.74) is 3.73. The summed E-state index contributed by atoms with van der Waals surface area (Å²) in [5.74, 6) is 0.292. The fourth-order valence-corrected chi connectivity index (χ4v) is 3.51. The number of alkyl halides is 1. The van der Waals surface area contributed by atoms with Crippen LogP contribution in [0.25, 0.3) is 5.57 Å². The Morgan fingerprint density at radius 3 is 2.45 bits per heavy atom. The monoisotopic (exact) mass is 401 g/mol. The topological polar surface area (TPSA) is 29.1 Å². The van der Waals surface area contributed by atoms with Gasteiger partial charge < -0.3 is 5.32 Å². The molecule has 0 aliphatic heterocycles. The summed E-state index contributed by atoms with van der Waals surface area (Å²) in [4.78, 5) is 12.2. The van der Waals surface area contributed by atoms with E-state index in [1.165, 1.54) is 16.7 Å². The molecule has 3 heteroatoms. The number of carbonyl (C=O) groups excluding carboxylic acids is 1. The fourth-order valence-electron chi connectivity index (χ4n) is 3.51. The van der Waals surface area contributed by atoms with Crippen LogP contribution in [0.15, 0.2) is 42.5 Å². The van der Waals surface area contributed by atoms with E-state index >= 15 is 0 Å². The highest BCUT2D eigenvalue weighted by Gasteiger charge is 2.15. The van der Waals surface area contributed by atoms with Gasteiger partial charge in [-0.05, 0) is 68.1 Å². The second-order valence-electron chi connectivity index (χ2n) is 7.79. The van der Waals surface area contributed by atoms with Crippen molar-refractivity contribution in [1.82, 2.24) is 5.32 Å². The van der Waals surface area contributed by atoms with Crippen LogP contribution in [0.3, 0.4) is 0 Å². The van der Waals surface area contributed by atoms with Crippen LogP contribution in [0.4, 0.5) is 4.39 Å². The Labute approximate surface area is 177 Å². The highest BCUT2D eigenvalue weighted by atomic mass is 19.1. The van der Waals surface area contributed by atoms with Crippen LogP contribution in [0.1, 0.15) is 83.8 Å². The molecule has 1 unspecified atom stereocenters. The maximum absolute atomic E-state index is 13.7. The van der Waals surface area contributed by atoms with E-state index < -0.39 is 6.17 Å². The summed E-state index contributed by atoms with van der Waals surface area (Å²) in [6.45, 7) is 8.78. The molecule has 2 atom stereocenters. The summed E-state index contributed by atoms with van der Waals surface area (Å²) in [7, 11) is 0. The number of aryl methyl sites for hydroxylation is 1. The van der Waals surface area contributed by atoms with Crippen molar-refractivity contribution in [3.05, 3.63) is 53.6 Å². The largest absolute Gasteiger partial charge is 0.356 e. The first kappa shape index (κ1) is 25.1. The number of halogens is 1. The van der Waals surface area contributed by atoms with Gasteiger partial charge >= 0.3 is 0 Å². The maximum Gasteiger partial charge on any atom is 0.220 e. The van der Waals surface area contributed by atoms with Gasteiger partial charge in [-0.25, -0.2) is 4.39 Å². The zero-order valence-electron chi connectivity index (χ0n) is 18.8. The summed E-state index contributed by atoms with van der Waals surface area (Å²) >= 11 is 0. The maximum atomic E-state index is 13.7. The Morgan fingerprint density at radius 2 is 1.86 bits per heavy atom. The number of carbonyl (C=O) groups is 1. The van der Waals surface area contributed by atoms with E-state index in [0.29, 0.717) is 25.8 Å². The third kappa shape index (κ3) is 10.4. The zero-order valence-corrected chi connectivity index (χ0v) is 18.8. The Bertz CT molecular complexity index is 633. The molecule has 2 nitrogen and oxygen atoms in total. The van der Waals surface area contributed by atoms with Crippen molar-refractivity contribution in [3.8, 4) is 0 Å². The first-order valence-electron chi connectivity index (χ1n) is 11.3. The minimum absolute atomic E-state index is 0.0564. The molecule has 0 aliphatic rings. The van der Waals surface area contributed by atoms with Crippen LogP contribution in [-0.4, -0.2) is 18.6 Å². The average Bonchev–Trinajstić information content (AvgIpc) is 2.74. The van der Waals surface area contributed by atoms with Crippen LogP contribution >= 0.6 is 0 Å². The van der Waals surface area contributed by atoms with Gasteiger partial charge in [-0.2, -0.15) is 0 Å². The molecule has 0 aliphatic carbocycles. The standard InChI is InChI=1S/C26H40FNO/c1-5-9-10-12-23(7-3)24-16-13-21(14-17-24)15-18-26(29)28-20-22(11-6-2)19-25(27)8-4/h7,9-10,13-14,16-17,22,25H,5-6,8,11-12,15,18-20H2,1-4H3,(H,28,29)/b10-9-,23-7+/t22-,25?/m0/s1. The number of hydrogen-bond acceptors (Lipinski definition) is 1. The fraction of sp³-hybridized carbons (Fsp3) is 0.577. The third-order valence-corrected chi connectivity index (χ3v) is 5.37. The van der Waals surface area contributed by atoms with Crippen molar-refractivity contribution in [2.45, 2.75) is 85.2 Å². The molecule has 1 aromatic rings. The molecule has 0 aromatic heterocycles. The molecule has 1 N–H and O–H groups in total. The molecule has 29 heavy (non-hydrogen) atoms. The minimum atomic E-state index is -0.763. The van der Waals surface area contributed by atoms with Crippen molar-refractivity contribution >= 4 is 11.5 Å². The first-order chi connectivity index (χ1) is 14.0. The molecule has 0 radical (unpaired) electrons. The number of rotatable bonds is 14. The van der Waals surface area contributed by atoms with Crippen molar-refractivity contribution in [2.24, 2.45) is 5.92 Å². The summed E-state index contributed by atoms with van der Waals surface area (Å²) in [6, 6.07) is 8.52. The normalized spacial score (nSPS) is 14.2. The number of hydrogen-bond donors (Lipinski definition) is 1. The second-order valence-corrected chi connectivity index (χ2v) is 7.79. The molecule has 0 spiro atoms. The smallest absolute Gasteiger partial charge is 0.220 e. The van der Waals surface area contributed by atoms with E-state index in [1.54, 1.807) is 0 Å². The summed E-state index contributed by atoms with van der Waals surface area (Å²) in [6.07, 6.45) is 12.1. The molecule has 0 bridgehead atoms. The van der Waals surface area contributed by atoms with Gasteiger partial charge in [0.15, 0.2) is 0 Å². The molecule has 1 aromatic carbocycles. The van der Waals surface area contributed by atoms with Gasteiger partial charge in [0.25, 0.3) is 0 Å². The second kappa shape index (κ2) is 15.0. The predicted octanol–water partition coefficient (Wildman–Crippen LogP) is 7.05. The lowest BCUT2D eigenvalue weighted by Gasteiger charge is -2.18. The van der Waals surface area contributed by atoms with E-state index in [2.05, 4.69) is 68.6 Å². The number of benzene rings is 1. The van der Waals surface area contributed by atoms with Crippen molar-refractivity contribution in [1.29, 1.82) is 0 Å². The molecule has 162 valence electrons. The minimum Gasteiger partial charge on any atom is -0.356 e. The molecule has 0 saturated heterocycles. The van der Waals surface area contributed by atoms with Crippen LogP contribution in [0.2, 0.25) is 0 Å². The van der Waals surface area contributed by atoms with Gasteiger partial charge in [0.2, 0.25) is 5.91 Å². The number of allylic oxidation sites excluding steroid dienone is 4. The third-order valence-electron chi connectivity index (χ3n) is 5.37. The predicted molar refractivity (Wildman–Crippen MR) is 124 cm³/mol. The van der Waals surface area contributed by atoms with Gasteiger partial charge in [-0.15, -0.1) is 0 Å². The van der Waals surface area contributed by atoms with Crippen molar-refractivity contribution in [3.63, 3.8) is 0 Å². The van der Waals surface area contributed by atoms with E-state index in [9.17, 15) is 9.18 Å². The lowest BCUT2D eigenvalue weighted by molar-refractivity contribution is -0.121. The average molecular weight is 402 g/mol. The Morgan fingerprint density at radius 1 is 1.14 bits per heavy atom. The number of nitrogens with one attached hydrogen (secondary N) is 1. The number of amides is 1. The van der Waals surface area contributed by atoms with E-state index in [0.717, 1.165) is 32.1 Å². The molecule has 1 rings (SSSR count). The van der Waals surface area contributed by atoms with Gasteiger partial charge in [0.1, 0.15) is 6.17 Å². The lowest BCUT2D eigenvalue weighted by Crippen LogP contribution is -2.30. The van der Waals surface area contributed by atoms with Crippen LogP contribution in [0.5, 0.6) is 0 Å². The molecular formula is C26H40FNO. The van der Waals surface area contributed by atoms with Crippen LogP contribution in [0, 0.1) is 5.92 Å². The van der Waals surface area contributed by atoms with Gasteiger partial charge in [-0.1, -0.05) is 69.7 Å². The molecular weight excluding hydrogens is 361 g/mol. The summed E-state index contributed by atoms with van der Waals surface area (Å²) in [5, 5.41) is 3.01. The van der Waals surface area contributed by atoms with Gasteiger partial charge in [0.05, 0.1) is 0 Å². The molecule has 0 fully saturated rings. The van der Waals surface area contributed by atoms with Crippen molar-refractivity contribution < 1.29 is 9.18 Å². The zero-order chi connectivity index (χ0) is 21.5.